The summed E-state index contributed by atoms with van der Waals surface area (Å²) in [7, 11) is 0. The van der Waals surface area contributed by atoms with Gasteiger partial charge in [-0.25, -0.2) is 0 Å². The van der Waals surface area contributed by atoms with Crippen molar-refractivity contribution in [3.8, 4) is 0 Å². The summed E-state index contributed by atoms with van der Waals surface area (Å²) in [5.74, 6) is -0.587. The van der Waals surface area contributed by atoms with Gasteiger partial charge in [-0.2, -0.15) is 0 Å². The Morgan fingerprint density at radius 3 is 2.60 bits per heavy atom. The van der Waals surface area contributed by atoms with Gasteiger partial charge in [0.2, 0.25) is 0 Å². The predicted molar refractivity (Wildman–Crippen MR) is 57.4 cm³/mol. The van der Waals surface area contributed by atoms with Gasteiger partial charge in [0.1, 0.15) is 17.8 Å². The second-order valence-corrected chi connectivity index (χ2v) is 4.82. The van der Waals surface area contributed by atoms with Crippen molar-refractivity contribution < 1.29 is 14.6 Å². The van der Waals surface area contributed by atoms with E-state index in [1.807, 2.05) is 19.9 Å². The SMILES string of the molecule is CCC1=C[C@H](O)[C@@H]2OC(C)(C)O[C@]12CC. The Bertz CT molecular complexity index is 295. The first-order valence-corrected chi connectivity index (χ1v) is 5.72. The fraction of sp³-hybridized carbons (Fsp3) is 0.833. The Kier molecular flexibility index (Phi) is 2.45. The third kappa shape index (κ3) is 1.45. The molecule has 1 N–H and O–H groups in total. The number of rotatable bonds is 2. The van der Waals surface area contributed by atoms with Crippen LogP contribution < -0.4 is 0 Å². The Labute approximate surface area is 91.1 Å². The quantitative estimate of drug-likeness (QED) is 0.711. The third-order valence-electron chi connectivity index (χ3n) is 3.43. The van der Waals surface area contributed by atoms with Crippen molar-refractivity contribution in [3.63, 3.8) is 0 Å². The summed E-state index contributed by atoms with van der Waals surface area (Å²) >= 11 is 0. The topological polar surface area (TPSA) is 38.7 Å². The summed E-state index contributed by atoms with van der Waals surface area (Å²) in [6.07, 6.45) is 2.89. The van der Waals surface area contributed by atoms with Crippen LogP contribution in [-0.4, -0.2) is 28.7 Å². The fourth-order valence-electron chi connectivity index (χ4n) is 2.87. The molecule has 0 unspecified atom stereocenters. The molecule has 3 atom stereocenters. The van der Waals surface area contributed by atoms with Crippen LogP contribution in [0.25, 0.3) is 0 Å². The first-order valence-electron chi connectivity index (χ1n) is 5.72. The minimum Gasteiger partial charge on any atom is -0.386 e. The van der Waals surface area contributed by atoms with Gasteiger partial charge in [-0.3, -0.25) is 0 Å². The van der Waals surface area contributed by atoms with Crippen LogP contribution in [0.1, 0.15) is 40.5 Å². The van der Waals surface area contributed by atoms with E-state index in [9.17, 15) is 5.11 Å². The third-order valence-corrected chi connectivity index (χ3v) is 3.43. The van der Waals surface area contributed by atoms with E-state index < -0.39 is 17.5 Å². The van der Waals surface area contributed by atoms with Gasteiger partial charge in [0.05, 0.1) is 0 Å². The van der Waals surface area contributed by atoms with Crippen LogP contribution in [0.3, 0.4) is 0 Å². The molecule has 0 amide bonds. The smallest absolute Gasteiger partial charge is 0.164 e. The van der Waals surface area contributed by atoms with E-state index in [0.717, 1.165) is 12.8 Å². The molecule has 0 radical (unpaired) electrons. The predicted octanol–water partition coefficient (Wildman–Crippen LogP) is 2.00. The Morgan fingerprint density at radius 1 is 1.40 bits per heavy atom. The normalized spacial score (nSPS) is 42.9. The summed E-state index contributed by atoms with van der Waals surface area (Å²) in [6, 6.07) is 0. The van der Waals surface area contributed by atoms with Crippen LogP contribution in [0.4, 0.5) is 0 Å². The molecule has 1 aliphatic carbocycles. The van der Waals surface area contributed by atoms with Crippen LogP contribution in [0.2, 0.25) is 0 Å². The highest BCUT2D eigenvalue weighted by molar-refractivity contribution is 5.32. The van der Waals surface area contributed by atoms with E-state index in [4.69, 9.17) is 9.47 Å². The van der Waals surface area contributed by atoms with Gasteiger partial charge in [0, 0.05) is 0 Å². The molecule has 1 aliphatic heterocycles. The zero-order valence-electron chi connectivity index (χ0n) is 9.91. The van der Waals surface area contributed by atoms with Crippen LogP contribution in [-0.2, 0) is 9.47 Å². The van der Waals surface area contributed by atoms with Gasteiger partial charge in [-0.1, -0.05) is 19.9 Å². The van der Waals surface area contributed by atoms with Crippen molar-refractivity contribution in [2.45, 2.75) is 64.1 Å². The van der Waals surface area contributed by atoms with Gasteiger partial charge in [0.25, 0.3) is 0 Å². The molecule has 2 rings (SSSR count). The Hall–Kier alpha value is -0.380. The Balaban J connectivity index is 2.38. The maximum atomic E-state index is 9.95. The molecular formula is C12H20O3. The molecule has 0 aromatic rings. The monoisotopic (exact) mass is 212 g/mol. The van der Waals surface area contributed by atoms with Crippen molar-refractivity contribution in [2.75, 3.05) is 0 Å². The first-order chi connectivity index (χ1) is 6.95. The molecule has 3 nitrogen and oxygen atoms in total. The number of fused-ring (bicyclic) bond motifs is 1. The number of ether oxygens (including phenoxy) is 2. The molecule has 3 heteroatoms. The number of aliphatic hydroxyl groups excluding tert-OH is 1. The van der Waals surface area contributed by atoms with Crippen LogP contribution in [0.15, 0.2) is 11.6 Å². The second-order valence-electron chi connectivity index (χ2n) is 4.82. The van der Waals surface area contributed by atoms with E-state index >= 15 is 0 Å². The molecule has 0 saturated carbocycles. The summed E-state index contributed by atoms with van der Waals surface area (Å²) in [5, 5.41) is 9.95. The highest BCUT2D eigenvalue weighted by Gasteiger charge is 2.59. The van der Waals surface area contributed by atoms with Gasteiger partial charge in [-0.15, -0.1) is 0 Å². The Morgan fingerprint density at radius 2 is 2.07 bits per heavy atom. The highest BCUT2D eigenvalue weighted by Crippen LogP contribution is 2.49. The lowest BCUT2D eigenvalue weighted by Crippen LogP contribution is -2.41. The van der Waals surface area contributed by atoms with Crippen molar-refractivity contribution in [1.29, 1.82) is 0 Å². The molecule has 0 spiro atoms. The van der Waals surface area contributed by atoms with E-state index in [1.54, 1.807) is 0 Å². The van der Waals surface area contributed by atoms with E-state index in [0.29, 0.717) is 0 Å². The molecule has 0 aromatic carbocycles. The number of hydrogen-bond donors (Lipinski definition) is 1. The second kappa shape index (κ2) is 3.30. The van der Waals surface area contributed by atoms with Crippen molar-refractivity contribution in [3.05, 3.63) is 11.6 Å². The van der Waals surface area contributed by atoms with Crippen molar-refractivity contribution in [1.82, 2.24) is 0 Å². The summed E-state index contributed by atoms with van der Waals surface area (Å²) in [6.45, 7) is 7.98. The highest BCUT2D eigenvalue weighted by atomic mass is 16.8. The van der Waals surface area contributed by atoms with Gasteiger partial charge in [0.15, 0.2) is 5.79 Å². The molecule has 0 aromatic heterocycles. The molecule has 2 aliphatic rings. The summed E-state index contributed by atoms with van der Waals surface area (Å²) in [5.41, 5.74) is 0.783. The maximum Gasteiger partial charge on any atom is 0.164 e. The lowest BCUT2D eigenvalue weighted by atomic mass is 9.89. The molecule has 1 fully saturated rings. The van der Waals surface area contributed by atoms with Gasteiger partial charge in [-0.05, 0) is 32.3 Å². The molecule has 1 saturated heterocycles. The fourth-order valence-corrected chi connectivity index (χ4v) is 2.87. The molecule has 0 bridgehead atoms. The van der Waals surface area contributed by atoms with Crippen molar-refractivity contribution in [2.24, 2.45) is 0 Å². The van der Waals surface area contributed by atoms with E-state index in [1.165, 1.54) is 5.57 Å². The molecular weight excluding hydrogens is 192 g/mol. The van der Waals surface area contributed by atoms with E-state index in [2.05, 4.69) is 13.8 Å². The largest absolute Gasteiger partial charge is 0.386 e. The van der Waals surface area contributed by atoms with Gasteiger partial charge >= 0.3 is 0 Å². The first kappa shape index (κ1) is 11.1. The lowest BCUT2D eigenvalue weighted by Gasteiger charge is -2.30. The van der Waals surface area contributed by atoms with Crippen LogP contribution >= 0.6 is 0 Å². The summed E-state index contributed by atoms with van der Waals surface area (Å²) < 4.78 is 11.8. The van der Waals surface area contributed by atoms with E-state index in [-0.39, 0.29) is 6.10 Å². The number of hydrogen-bond acceptors (Lipinski definition) is 3. The van der Waals surface area contributed by atoms with Crippen molar-refractivity contribution >= 4 is 0 Å². The van der Waals surface area contributed by atoms with Crippen LogP contribution in [0, 0.1) is 0 Å². The maximum absolute atomic E-state index is 9.95. The lowest BCUT2D eigenvalue weighted by molar-refractivity contribution is -0.163. The van der Waals surface area contributed by atoms with Crippen LogP contribution in [0.5, 0.6) is 0 Å². The minimum absolute atomic E-state index is 0.229. The molecule has 86 valence electrons. The average Bonchev–Trinajstić information content (AvgIpc) is 2.58. The number of aliphatic hydroxyl groups is 1. The molecule has 15 heavy (non-hydrogen) atoms. The summed E-state index contributed by atoms with van der Waals surface area (Å²) in [4.78, 5) is 0. The molecule has 1 heterocycles. The van der Waals surface area contributed by atoms with Gasteiger partial charge < -0.3 is 14.6 Å². The standard InChI is InChI=1S/C12H20O3/c1-5-8-7-9(13)10-12(8,6-2)15-11(3,4)14-10/h7,9-10,13H,5-6H2,1-4H3/t9-,10-,12+/m0/s1. The zero-order valence-corrected chi connectivity index (χ0v) is 9.91. The zero-order chi connectivity index (χ0) is 11.3. The minimum atomic E-state index is -0.587. The average molecular weight is 212 g/mol.